The minimum Gasteiger partial charge on any atom is -0.375 e. The van der Waals surface area contributed by atoms with Gasteiger partial charge in [0.25, 0.3) is 0 Å². The Kier molecular flexibility index (Phi) is 4.53. The minimum absolute atomic E-state index is 0.605. The molecule has 1 saturated carbocycles. The van der Waals surface area contributed by atoms with Crippen LogP contribution >= 0.6 is 11.3 Å². The van der Waals surface area contributed by atoms with Gasteiger partial charge in [-0.3, -0.25) is 14.8 Å². The molecule has 2 aromatic carbocycles. The first kappa shape index (κ1) is 19.6. The number of aromatic nitrogens is 3. The second kappa shape index (κ2) is 7.62. The second-order valence-corrected chi connectivity index (χ2v) is 10.6. The van der Waals surface area contributed by atoms with Gasteiger partial charge in [0.2, 0.25) is 0 Å². The third-order valence-corrected chi connectivity index (χ3v) is 8.23. The van der Waals surface area contributed by atoms with Gasteiger partial charge in [0.15, 0.2) is 5.13 Å². The summed E-state index contributed by atoms with van der Waals surface area (Å²) in [5, 5.41) is 0.605. The van der Waals surface area contributed by atoms with Crippen LogP contribution in [0.2, 0.25) is 0 Å². The quantitative estimate of drug-likeness (QED) is 0.503. The van der Waals surface area contributed by atoms with Crippen molar-refractivity contribution in [3.8, 4) is 11.1 Å². The van der Waals surface area contributed by atoms with Gasteiger partial charge in [0.1, 0.15) is 5.82 Å². The van der Waals surface area contributed by atoms with Crippen LogP contribution in [0.4, 0.5) is 10.9 Å². The van der Waals surface area contributed by atoms with Gasteiger partial charge < -0.3 is 10.6 Å². The fourth-order valence-electron chi connectivity index (χ4n) is 5.24. The highest BCUT2D eigenvalue weighted by Crippen LogP contribution is 2.32. The van der Waals surface area contributed by atoms with Crippen molar-refractivity contribution in [3.63, 3.8) is 0 Å². The number of rotatable bonds is 4. The van der Waals surface area contributed by atoms with Crippen LogP contribution in [0, 0.1) is 0 Å². The molecule has 7 nitrogen and oxygen atoms in total. The summed E-state index contributed by atoms with van der Waals surface area (Å²) in [4.78, 5) is 21.8. The summed E-state index contributed by atoms with van der Waals surface area (Å²) in [6.07, 6.45) is 4.75. The van der Waals surface area contributed by atoms with E-state index in [0.29, 0.717) is 11.2 Å². The van der Waals surface area contributed by atoms with Gasteiger partial charge in [-0.1, -0.05) is 23.5 Å². The van der Waals surface area contributed by atoms with Crippen LogP contribution in [0.15, 0.2) is 42.6 Å². The molecule has 2 aliphatic heterocycles. The average molecular weight is 458 g/mol. The number of benzene rings is 2. The summed E-state index contributed by atoms with van der Waals surface area (Å²) in [5.74, 6) is 0.984. The Balaban J connectivity index is 1.08. The third-order valence-electron chi connectivity index (χ3n) is 7.38. The highest BCUT2D eigenvalue weighted by molar-refractivity contribution is 7.22. The van der Waals surface area contributed by atoms with E-state index in [0.717, 1.165) is 57.3 Å². The molecule has 0 radical (unpaired) electrons. The van der Waals surface area contributed by atoms with Crippen molar-refractivity contribution in [3.05, 3.63) is 42.6 Å². The lowest BCUT2D eigenvalue weighted by Crippen LogP contribution is -2.63. The molecule has 168 valence electrons. The lowest BCUT2D eigenvalue weighted by Gasteiger charge is -2.48. The fourth-order valence-corrected chi connectivity index (χ4v) is 6.01. The van der Waals surface area contributed by atoms with E-state index in [4.69, 9.17) is 15.7 Å². The van der Waals surface area contributed by atoms with Gasteiger partial charge in [-0.25, -0.2) is 9.97 Å². The molecule has 1 aliphatic carbocycles. The van der Waals surface area contributed by atoms with Crippen molar-refractivity contribution in [2.75, 3.05) is 49.9 Å². The van der Waals surface area contributed by atoms with E-state index >= 15 is 0 Å². The van der Waals surface area contributed by atoms with Crippen molar-refractivity contribution in [1.29, 1.82) is 0 Å². The molecule has 2 aromatic heterocycles. The molecular weight excluding hydrogens is 430 g/mol. The second-order valence-electron chi connectivity index (χ2n) is 9.53. The number of nitrogens with two attached hydrogens (primary N) is 1. The van der Waals surface area contributed by atoms with E-state index in [1.54, 1.807) is 0 Å². The van der Waals surface area contributed by atoms with E-state index in [1.165, 1.54) is 50.4 Å². The first-order chi connectivity index (χ1) is 16.2. The van der Waals surface area contributed by atoms with Crippen molar-refractivity contribution in [2.45, 2.75) is 24.9 Å². The monoisotopic (exact) mass is 457 g/mol. The Labute approximate surface area is 196 Å². The Morgan fingerprint density at radius 3 is 2.24 bits per heavy atom. The Morgan fingerprint density at radius 2 is 1.48 bits per heavy atom. The van der Waals surface area contributed by atoms with E-state index in [1.807, 2.05) is 12.3 Å². The van der Waals surface area contributed by atoms with Crippen LogP contribution in [-0.2, 0) is 0 Å². The number of piperazine rings is 1. The Hall–Kier alpha value is -2.81. The average Bonchev–Trinajstić information content (AvgIpc) is 3.58. The van der Waals surface area contributed by atoms with Crippen molar-refractivity contribution in [1.82, 2.24) is 24.8 Å². The third kappa shape index (κ3) is 3.62. The molecule has 4 aromatic rings. The first-order valence-electron chi connectivity index (χ1n) is 11.9. The van der Waals surface area contributed by atoms with E-state index in [9.17, 15) is 0 Å². The van der Waals surface area contributed by atoms with Crippen LogP contribution in [0.1, 0.15) is 12.8 Å². The fraction of sp³-hybridized carbons (Fsp3) is 0.400. The first-order valence-corrected chi connectivity index (χ1v) is 12.7. The van der Waals surface area contributed by atoms with Gasteiger partial charge in [-0.2, -0.15) is 0 Å². The summed E-state index contributed by atoms with van der Waals surface area (Å²) in [6, 6.07) is 14.2. The number of nitrogen functional groups attached to an aromatic ring is 1. The largest absolute Gasteiger partial charge is 0.375 e. The predicted molar refractivity (Wildman–Crippen MR) is 135 cm³/mol. The maximum absolute atomic E-state index is 5.87. The van der Waals surface area contributed by atoms with Gasteiger partial charge in [0, 0.05) is 51.4 Å². The normalized spacial score (nSPS) is 20.5. The Bertz CT molecular complexity index is 1330. The van der Waals surface area contributed by atoms with Gasteiger partial charge in [-0.05, 0) is 48.2 Å². The van der Waals surface area contributed by atoms with Gasteiger partial charge >= 0.3 is 0 Å². The van der Waals surface area contributed by atoms with Crippen LogP contribution in [0.5, 0.6) is 0 Å². The molecule has 0 spiro atoms. The number of hydrogen-bond acceptors (Lipinski definition) is 8. The van der Waals surface area contributed by atoms with Crippen molar-refractivity contribution in [2.24, 2.45) is 0 Å². The lowest BCUT2D eigenvalue weighted by molar-refractivity contribution is 0.0791. The standard InChI is InChI=1S/C25H27N7S/c26-25-29-21-6-2-17(12-23(21)33-25)16-1-5-20-22(11-16)28-24(13-27-20)32-14-19(15-32)31-9-7-30(8-10-31)18-3-4-18/h1-2,5-6,11-13,18-19H,3-4,7-10,14-15H2,(H2,26,29). The highest BCUT2D eigenvalue weighted by atomic mass is 32.1. The summed E-state index contributed by atoms with van der Waals surface area (Å²) in [6.45, 7) is 6.98. The maximum Gasteiger partial charge on any atom is 0.181 e. The molecular formula is C25H27N7S. The number of hydrogen-bond donors (Lipinski definition) is 1. The van der Waals surface area contributed by atoms with E-state index in [-0.39, 0.29) is 0 Å². The molecule has 0 atom stereocenters. The number of nitrogens with zero attached hydrogens (tertiary/aromatic N) is 6. The SMILES string of the molecule is Nc1nc2ccc(-c3ccc4ncc(N5CC(N6CCN(C7CC7)CC6)C5)nc4c3)cc2s1. The number of thiazole rings is 1. The maximum atomic E-state index is 5.87. The predicted octanol–water partition coefficient (Wildman–Crippen LogP) is 3.46. The molecule has 33 heavy (non-hydrogen) atoms. The van der Waals surface area contributed by atoms with Gasteiger partial charge in [0.05, 0.1) is 27.4 Å². The molecule has 0 unspecified atom stereocenters. The van der Waals surface area contributed by atoms with Crippen LogP contribution < -0.4 is 10.6 Å². The summed E-state index contributed by atoms with van der Waals surface area (Å²) in [7, 11) is 0. The smallest absolute Gasteiger partial charge is 0.181 e. The molecule has 4 heterocycles. The zero-order valence-electron chi connectivity index (χ0n) is 18.5. The molecule has 2 saturated heterocycles. The molecule has 3 fully saturated rings. The molecule has 3 aliphatic rings. The zero-order valence-corrected chi connectivity index (χ0v) is 19.3. The minimum atomic E-state index is 0.605. The highest BCUT2D eigenvalue weighted by Gasteiger charge is 2.37. The van der Waals surface area contributed by atoms with Crippen LogP contribution in [0.25, 0.3) is 32.4 Å². The Morgan fingerprint density at radius 1 is 0.788 bits per heavy atom. The van der Waals surface area contributed by atoms with E-state index in [2.05, 4.69) is 50.0 Å². The molecule has 0 bridgehead atoms. The number of anilines is 2. The molecule has 8 heteroatoms. The van der Waals surface area contributed by atoms with E-state index < -0.39 is 0 Å². The topological polar surface area (TPSA) is 74.4 Å². The lowest BCUT2D eigenvalue weighted by atomic mass is 10.0. The summed E-state index contributed by atoms with van der Waals surface area (Å²) >= 11 is 1.52. The van der Waals surface area contributed by atoms with Crippen LogP contribution in [0.3, 0.4) is 0 Å². The van der Waals surface area contributed by atoms with Gasteiger partial charge in [-0.15, -0.1) is 0 Å². The van der Waals surface area contributed by atoms with Crippen molar-refractivity contribution < 1.29 is 0 Å². The van der Waals surface area contributed by atoms with Crippen molar-refractivity contribution >= 4 is 43.5 Å². The number of fused-ring (bicyclic) bond motifs is 2. The zero-order chi connectivity index (χ0) is 21.9. The summed E-state index contributed by atoms with van der Waals surface area (Å²) in [5.41, 5.74) is 11.0. The molecule has 7 rings (SSSR count). The summed E-state index contributed by atoms with van der Waals surface area (Å²) < 4.78 is 1.11. The molecule has 2 N–H and O–H groups in total. The molecule has 0 amide bonds. The van der Waals surface area contributed by atoms with Crippen LogP contribution in [-0.4, -0.2) is 76.1 Å².